The van der Waals surface area contributed by atoms with E-state index in [1.807, 2.05) is 0 Å². The fourth-order valence-electron chi connectivity index (χ4n) is 1.76. The Bertz CT molecular complexity index is 873. The number of rotatable bonds is 5. The van der Waals surface area contributed by atoms with E-state index in [2.05, 4.69) is 4.72 Å². The summed E-state index contributed by atoms with van der Waals surface area (Å²) < 4.78 is 44.9. The van der Waals surface area contributed by atoms with Crippen LogP contribution in [-0.2, 0) is 10.0 Å². The van der Waals surface area contributed by atoms with E-state index in [-0.39, 0.29) is 16.5 Å². The Morgan fingerprint density at radius 1 is 1.26 bits per heavy atom. The fourth-order valence-corrected chi connectivity index (χ4v) is 3.30. The monoisotopic (exact) mass is 360 g/mol. The van der Waals surface area contributed by atoms with Crippen LogP contribution in [0.25, 0.3) is 0 Å². The summed E-state index contributed by atoms with van der Waals surface area (Å²) in [6.07, 6.45) is 0. The van der Waals surface area contributed by atoms with E-state index in [9.17, 15) is 22.9 Å². The number of sulfonamides is 1. The molecule has 0 amide bonds. The molecule has 0 unspecified atom stereocenters. The molecule has 122 valence electrons. The van der Waals surface area contributed by atoms with Crippen LogP contribution in [0.5, 0.6) is 5.75 Å². The molecule has 0 aliphatic heterocycles. The first-order chi connectivity index (χ1) is 10.7. The molecule has 2 aromatic carbocycles. The Morgan fingerprint density at radius 2 is 1.96 bits per heavy atom. The molecule has 0 bridgehead atoms. The van der Waals surface area contributed by atoms with E-state index in [4.69, 9.17) is 16.3 Å². The van der Waals surface area contributed by atoms with E-state index >= 15 is 0 Å². The van der Waals surface area contributed by atoms with Gasteiger partial charge < -0.3 is 4.74 Å². The lowest BCUT2D eigenvalue weighted by Gasteiger charge is -2.12. The highest BCUT2D eigenvalue weighted by molar-refractivity contribution is 7.92. The lowest BCUT2D eigenvalue weighted by Crippen LogP contribution is -2.14. The first-order valence-electron chi connectivity index (χ1n) is 6.05. The van der Waals surface area contributed by atoms with Crippen LogP contribution in [0.1, 0.15) is 0 Å². The zero-order valence-electron chi connectivity index (χ0n) is 11.6. The summed E-state index contributed by atoms with van der Waals surface area (Å²) in [7, 11) is -3.01. The molecule has 0 aliphatic rings. The Kier molecular flexibility index (Phi) is 4.71. The number of nitro groups is 1. The highest BCUT2D eigenvalue weighted by Crippen LogP contribution is 2.31. The molecular formula is C13H10ClFN2O5S. The van der Waals surface area contributed by atoms with E-state index in [0.717, 1.165) is 30.3 Å². The fraction of sp³-hybridized carbons (Fsp3) is 0.0769. The summed E-state index contributed by atoms with van der Waals surface area (Å²) in [6.45, 7) is 0. The topological polar surface area (TPSA) is 98.5 Å². The summed E-state index contributed by atoms with van der Waals surface area (Å²) in [5, 5.41) is 10.7. The van der Waals surface area contributed by atoms with Gasteiger partial charge in [-0.25, -0.2) is 12.8 Å². The molecule has 23 heavy (non-hydrogen) atoms. The van der Waals surface area contributed by atoms with Gasteiger partial charge in [0.25, 0.3) is 15.7 Å². The van der Waals surface area contributed by atoms with Gasteiger partial charge >= 0.3 is 0 Å². The maximum Gasteiger partial charge on any atom is 0.271 e. The van der Waals surface area contributed by atoms with Crippen molar-refractivity contribution in [1.29, 1.82) is 0 Å². The van der Waals surface area contributed by atoms with Crippen LogP contribution in [-0.4, -0.2) is 20.5 Å². The van der Waals surface area contributed by atoms with Gasteiger partial charge in [0, 0.05) is 12.1 Å². The average Bonchev–Trinajstić information content (AvgIpc) is 2.49. The molecular weight excluding hydrogens is 351 g/mol. The number of benzene rings is 2. The standard InChI is InChI=1S/C13H10ClFN2O5S/c1-22-12-5-3-9(17(18)19)7-13(12)23(20,21)16-11-4-2-8(15)6-10(11)14/h2-7,16H,1H3. The molecule has 0 radical (unpaired) electrons. The molecule has 0 heterocycles. The van der Waals surface area contributed by atoms with Crippen LogP contribution in [0.15, 0.2) is 41.3 Å². The Balaban J connectivity index is 2.50. The van der Waals surface area contributed by atoms with Crippen molar-refractivity contribution in [3.05, 3.63) is 57.4 Å². The average molecular weight is 361 g/mol. The van der Waals surface area contributed by atoms with Crippen LogP contribution in [0, 0.1) is 15.9 Å². The van der Waals surface area contributed by atoms with Crippen molar-refractivity contribution < 1.29 is 22.5 Å². The highest BCUT2D eigenvalue weighted by atomic mass is 35.5. The predicted octanol–water partition coefficient (Wildman–Crippen LogP) is 3.20. The van der Waals surface area contributed by atoms with Crippen molar-refractivity contribution in [1.82, 2.24) is 0 Å². The molecule has 0 aliphatic carbocycles. The van der Waals surface area contributed by atoms with Gasteiger partial charge in [0.1, 0.15) is 16.5 Å². The number of nitrogens with one attached hydrogen (secondary N) is 1. The van der Waals surface area contributed by atoms with Gasteiger partial charge in [0.05, 0.1) is 22.7 Å². The van der Waals surface area contributed by atoms with Crippen molar-refractivity contribution >= 4 is 33.0 Å². The van der Waals surface area contributed by atoms with Crippen molar-refractivity contribution in [3.63, 3.8) is 0 Å². The van der Waals surface area contributed by atoms with Crippen LogP contribution in [0.3, 0.4) is 0 Å². The first-order valence-corrected chi connectivity index (χ1v) is 7.91. The zero-order chi connectivity index (χ0) is 17.2. The molecule has 0 saturated carbocycles. The Labute approximate surface area is 135 Å². The van der Waals surface area contributed by atoms with Crippen LogP contribution >= 0.6 is 11.6 Å². The molecule has 0 aromatic heterocycles. The van der Waals surface area contributed by atoms with Gasteiger partial charge in [0.2, 0.25) is 0 Å². The van der Waals surface area contributed by atoms with E-state index in [1.54, 1.807) is 0 Å². The van der Waals surface area contributed by atoms with Gasteiger partial charge in [-0.3, -0.25) is 14.8 Å². The quantitative estimate of drug-likeness (QED) is 0.652. The molecule has 2 rings (SSSR count). The van der Waals surface area contributed by atoms with Crippen LogP contribution in [0.2, 0.25) is 5.02 Å². The second kappa shape index (κ2) is 6.39. The lowest BCUT2D eigenvalue weighted by molar-refractivity contribution is -0.385. The molecule has 0 spiro atoms. The molecule has 1 N–H and O–H groups in total. The summed E-state index contributed by atoms with van der Waals surface area (Å²) >= 11 is 5.77. The largest absolute Gasteiger partial charge is 0.495 e. The third-order valence-electron chi connectivity index (χ3n) is 2.82. The van der Waals surface area contributed by atoms with Gasteiger partial charge in [-0.15, -0.1) is 0 Å². The first kappa shape index (κ1) is 17.0. The van der Waals surface area contributed by atoms with Crippen molar-refractivity contribution in [2.24, 2.45) is 0 Å². The maximum atomic E-state index is 13.0. The molecule has 0 saturated heterocycles. The highest BCUT2D eigenvalue weighted by Gasteiger charge is 2.24. The van der Waals surface area contributed by atoms with Crippen molar-refractivity contribution in [2.45, 2.75) is 4.90 Å². The van der Waals surface area contributed by atoms with Gasteiger partial charge in [-0.2, -0.15) is 0 Å². The molecule has 2 aromatic rings. The second-order valence-electron chi connectivity index (χ2n) is 4.32. The molecule has 0 fully saturated rings. The minimum atomic E-state index is -4.23. The third kappa shape index (κ3) is 3.69. The number of halogens is 2. The Hall–Kier alpha value is -2.39. The molecule has 7 nitrogen and oxygen atoms in total. The normalized spacial score (nSPS) is 11.1. The predicted molar refractivity (Wildman–Crippen MR) is 81.9 cm³/mol. The number of anilines is 1. The number of nitro benzene ring substituents is 1. The molecule has 0 atom stereocenters. The van der Waals surface area contributed by atoms with Crippen molar-refractivity contribution in [3.8, 4) is 5.75 Å². The van der Waals surface area contributed by atoms with E-state index in [0.29, 0.717) is 0 Å². The number of non-ortho nitro benzene ring substituents is 1. The molecule has 10 heteroatoms. The summed E-state index contributed by atoms with van der Waals surface area (Å²) in [4.78, 5) is 9.65. The van der Waals surface area contributed by atoms with Gasteiger partial charge in [-0.1, -0.05) is 11.6 Å². The number of nitrogens with zero attached hydrogens (tertiary/aromatic N) is 1. The second-order valence-corrected chi connectivity index (χ2v) is 6.38. The van der Waals surface area contributed by atoms with Gasteiger partial charge in [0.15, 0.2) is 0 Å². The minimum Gasteiger partial charge on any atom is -0.495 e. The Morgan fingerprint density at radius 3 is 2.52 bits per heavy atom. The summed E-state index contributed by atoms with van der Waals surface area (Å²) in [5.41, 5.74) is -0.488. The van der Waals surface area contributed by atoms with E-state index in [1.165, 1.54) is 13.2 Å². The van der Waals surface area contributed by atoms with Crippen LogP contribution in [0.4, 0.5) is 15.8 Å². The maximum absolute atomic E-state index is 13.0. The lowest BCUT2D eigenvalue weighted by atomic mass is 10.3. The number of hydrogen-bond donors (Lipinski definition) is 1. The minimum absolute atomic E-state index is 0.0679. The van der Waals surface area contributed by atoms with Crippen molar-refractivity contribution in [2.75, 3.05) is 11.8 Å². The van der Waals surface area contributed by atoms with E-state index < -0.39 is 31.3 Å². The van der Waals surface area contributed by atoms with Gasteiger partial charge in [-0.05, 0) is 24.3 Å². The van der Waals surface area contributed by atoms with Crippen LogP contribution < -0.4 is 9.46 Å². The number of hydrogen-bond acceptors (Lipinski definition) is 5. The zero-order valence-corrected chi connectivity index (χ0v) is 13.2. The number of methoxy groups -OCH3 is 1. The smallest absolute Gasteiger partial charge is 0.271 e. The summed E-state index contributed by atoms with van der Waals surface area (Å²) in [6, 6.07) is 6.23. The number of ether oxygens (including phenoxy) is 1. The SMILES string of the molecule is COc1ccc([N+](=O)[O-])cc1S(=O)(=O)Nc1ccc(F)cc1Cl. The third-order valence-corrected chi connectivity index (χ3v) is 4.52. The summed E-state index contributed by atoms with van der Waals surface area (Å²) in [5.74, 6) is -0.716.